The Kier molecular flexibility index (Phi) is 5.77. The third-order valence-electron chi connectivity index (χ3n) is 3.33. The van der Waals surface area contributed by atoms with Crippen molar-refractivity contribution in [3.8, 4) is 0 Å². The van der Waals surface area contributed by atoms with Crippen molar-refractivity contribution in [3.05, 3.63) is 12.3 Å². The summed E-state index contributed by atoms with van der Waals surface area (Å²) in [7, 11) is 2.01. The zero-order valence-electron chi connectivity index (χ0n) is 10.3. The number of nitrogens with one attached hydrogen (secondary N) is 2. The third kappa shape index (κ3) is 4.70. The maximum atomic E-state index is 4.18. The molecule has 1 aliphatic carbocycles. The number of allylic oxidation sites excluding steroid dienone is 1. The third-order valence-corrected chi connectivity index (χ3v) is 3.33. The summed E-state index contributed by atoms with van der Waals surface area (Å²) in [4.78, 5) is 0. The Balaban J connectivity index is 2.16. The van der Waals surface area contributed by atoms with Gasteiger partial charge in [0.05, 0.1) is 0 Å². The van der Waals surface area contributed by atoms with Crippen molar-refractivity contribution in [1.29, 1.82) is 0 Å². The average Bonchev–Trinajstić information content (AvgIpc) is 2.27. The smallest absolute Gasteiger partial charge is 0.0181 e. The van der Waals surface area contributed by atoms with E-state index in [1.165, 1.54) is 37.8 Å². The minimum Gasteiger partial charge on any atom is -0.388 e. The van der Waals surface area contributed by atoms with Crippen LogP contribution in [-0.2, 0) is 0 Å². The van der Waals surface area contributed by atoms with E-state index in [2.05, 4.69) is 24.1 Å². The summed E-state index contributed by atoms with van der Waals surface area (Å²) in [5.74, 6) is 1.41. The molecule has 0 radical (unpaired) electrons. The van der Waals surface area contributed by atoms with E-state index >= 15 is 0 Å². The molecular weight excluding hydrogens is 184 g/mol. The Bertz CT molecular complexity index is 183. The SMILES string of the molecule is C=C(NCC(C)CNC)C1CCCCC1. The molecule has 0 aliphatic heterocycles. The van der Waals surface area contributed by atoms with Crippen LogP contribution in [0.2, 0.25) is 0 Å². The highest BCUT2D eigenvalue weighted by atomic mass is 14.9. The largest absolute Gasteiger partial charge is 0.388 e. The molecule has 15 heavy (non-hydrogen) atoms. The van der Waals surface area contributed by atoms with Crippen LogP contribution in [0.3, 0.4) is 0 Å². The second-order valence-corrected chi connectivity index (χ2v) is 4.90. The molecule has 1 fully saturated rings. The van der Waals surface area contributed by atoms with Gasteiger partial charge in [-0.25, -0.2) is 0 Å². The first-order chi connectivity index (χ1) is 7.24. The van der Waals surface area contributed by atoms with Crippen LogP contribution in [0.25, 0.3) is 0 Å². The van der Waals surface area contributed by atoms with Crippen molar-refractivity contribution in [2.24, 2.45) is 11.8 Å². The van der Waals surface area contributed by atoms with Crippen LogP contribution in [0.4, 0.5) is 0 Å². The molecule has 0 amide bonds. The van der Waals surface area contributed by atoms with Gasteiger partial charge in [0.15, 0.2) is 0 Å². The molecule has 1 atom stereocenters. The standard InChI is InChI=1S/C13H26N2/c1-11(9-14-3)10-15-12(2)13-7-5-4-6-8-13/h11,13-15H,2,4-10H2,1,3H3. The monoisotopic (exact) mass is 210 g/mol. The molecular formula is C13H26N2. The molecule has 1 aliphatic rings. The molecule has 2 N–H and O–H groups in total. The average molecular weight is 210 g/mol. The van der Waals surface area contributed by atoms with Gasteiger partial charge in [-0.15, -0.1) is 0 Å². The van der Waals surface area contributed by atoms with Gasteiger partial charge in [0.25, 0.3) is 0 Å². The van der Waals surface area contributed by atoms with Gasteiger partial charge in [-0.2, -0.15) is 0 Å². The quantitative estimate of drug-likeness (QED) is 0.704. The highest BCUT2D eigenvalue weighted by molar-refractivity contribution is 4.99. The topological polar surface area (TPSA) is 24.1 Å². The van der Waals surface area contributed by atoms with E-state index in [-0.39, 0.29) is 0 Å². The number of hydrogen-bond acceptors (Lipinski definition) is 2. The summed E-state index contributed by atoms with van der Waals surface area (Å²) in [5, 5.41) is 6.70. The predicted molar refractivity (Wildman–Crippen MR) is 66.8 cm³/mol. The number of rotatable bonds is 6. The van der Waals surface area contributed by atoms with Gasteiger partial charge in [-0.3, -0.25) is 0 Å². The molecule has 2 heteroatoms. The van der Waals surface area contributed by atoms with E-state index < -0.39 is 0 Å². The van der Waals surface area contributed by atoms with Crippen molar-refractivity contribution in [2.75, 3.05) is 20.1 Å². The minimum atomic E-state index is 0.676. The van der Waals surface area contributed by atoms with Crippen LogP contribution < -0.4 is 10.6 Å². The molecule has 0 aromatic carbocycles. The zero-order valence-corrected chi connectivity index (χ0v) is 10.3. The predicted octanol–water partition coefficient (Wildman–Crippen LogP) is 2.53. The van der Waals surface area contributed by atoms with Gasteiger partial charge in [0, 0.05) is 12.2 Å². The van der Waals surface area contributed by atoms with Crippen molar-refractivity contribution >= 4 is 0 Å². The molecule has 1 saturated carbocycles. The molecule has 0 spiro atoms. The van der Waals surface area contributed by atoms with E-state index in [4.69, 9.17) is 0 Å². The minimum absolute atomic E-state index is 0.676. The highest BCUT2D eigenvalue weighted by Gasteiger charge is 2.16. The van der Waals surface area contributed by atoms with E-state index in [0.717, 1.165) is 19.0 Å². The van der Waals surface area contributed by atoms with Crippen LogP contribution in [-0.4, -0.2) is 20.1 Å². The van der Waals surface area contributed by atoms with Crippen LogP contribution in [0, 0.1) is 11.8 Å². The molecule has 0 aromatic heterocycles. The van der Waals surface area contributed by atoms with Crippen molar-refractivity contribution in [3.63, 3.8) is 0 Å². The molecule has 2 nitrogen and oxygen atoms in total. The first-order valence-corrected chi connectivity index (χ1v) is 6.31. The summed E-state index contributed by atoms with van der Waals surface area (Å²) < 4.78 is 0. The Morgan fingerprint density at radius 3 is 2.53 bits per heavy atom. The number of hydrogen-bond donors (Lipinski definition) is 2. The summed E-state index contributed by atoms with van der Waals surface area (Å²) in [6, 6.07) is 0. The normalized spacial score (nSPS) is 19.9. The van der Waals surface area contributed by atoms with E-state index in [1.807, 2.05) is 7.05 Å². The van der Waals surface area contributed by atoms with E-state index in [0.29, 0.717) is 5.92 Å². The van der Waals surface area contributed by atoms with E-state index in [9.17, 15) is 0 Å². The lowest BCUT2D eigenvalue weighted by Gasteiger charge is -2.25. The van der Waals surface area contributed by atoms with Gasteiger partial charge in [0.2, 0.25) is 0 Å². The van der Waals surface area contributed by atoms with Crippen molar-refractivity contribution in [2.45, 2.75) is 39.0 Å². The lowest BCUT2D eigenvalue weighted by atomic mass is 9.87. The second kappa shape index (κ2) is 6.89. The molecule has 0 aromatic rings. The van der Waals surface area contributed by atoms with Gasteiger partial charge in [0.1, 0.15) is 0 Å². The fourth-order valence-corrected chi connectivity index (χ4v) is 2.32. The molecule has 1 rings (SSSR count). The second-order valence-electron chi connectivity index (χ2n) is 4.90. The maximum Gasteiger partial charge on any atom is 0.0181 e. The Labute approximate surface area is 94.5 Å². The summed E-state index contributed by atoms with van der Waals surface area (Å²) in [6.07, 6.45) is 6.87. The Morgan fingerprint density at radius 1 is 1.27 bits per heavy atom. The first-order valence-electron chi connectivity index (χ1n) is 6.31. The maximum absolute atomic E-state index is 4.18. The van der Waals surface area contributed by atoms with Gasteiger partial charge >= 0.3 is 0 Å². The first kappa shape index (κ1) is 12.6. The lowest BCUT2D eigenvalue weighted by Crippen LogP contribution is -2.30. The van der Waals surface area contributed by atoms with Crippen LogP contribution in [0.1, 0.15) is 39.0 Å². The van der Waals surface area contributed by atoms with Crippen molar-refractivity contribution in [1.82, 2.24) is 10.6 Å². The fourth-order valence-electron chi connectivity index (χ4n) is 2.32. The van der Waals surface area contributed by atoms with Gasteiger partial charge in [-0.1, -0.05) is 32.8 Å². The zero-order chi connectivity index (χ0) is 11.1. The molecule has 1 unspecified atom stereocenters. The summed E-state index contributed by atoms with van der Waals surface area (Å²) >= 11 is 0. The van der Waals surface area contributed by atoms with Crippen LogP contribution in [0.5, 0.6) is 0 Å². The fraction of sp³-hybridized carbons (Fsp3) is 0.846. The lowest BCUT2D eigenvalue weighted by molar-refractivity contribution is 0.379. The molecule has 0 saturated heterocycles. The van der Waals surface area contributed by atoms with Gasteiger partial charge in [-0.05, 0) is 38.3 Å². The van der Waals surface area contributed by atoms with E-state index in [1.54, 1.807) is 0 Å². The van der Waals surface area contributed by atoms with Crippen molar-refractivity contribution < 1.29 is 0 Å². The molecule has 88 valence electrons. The Hall–Kier alpha value is -0.500. The van der Waals surface area contributed by atoms with Crippen LogP contribution in [0.15, 0.2) is 12.3 Å². The summed E-state index contributed by atoms with van der Waals surface area (Å²) in [5.41, 5.74) is 1.28. The highest BCUT2D eigenvalue weighted by Crippen LogP contribution is 2.27. The Morgan fingerprint density at radius 2 is 1.93 bits per heavy atom. The van der Waals surface area contributed by atoms with Crippen LogP contribution >= 0.6 is 0 Å². The molecule has 0 bridgehead atoms. The summed E-state index contributed by atoms with van der Waals surface area (Å²) in [6.45, 7) is 8.57. The molecule has 0 heterocycles. The van der Waals surface area contributed by atoms with Gasteiger partial charge < -0.3 is 10.6 Å².